The number of aromatic nitrogens is 6. The van der Waals surface area contributed by atoms with Gasteiger partial charge in [0.25, 0.3) is 0 Å². The Morgan fingerprint density at radius 3 is 2.67 bits per heavy atom. The van der Waals surface area contributed by atoms with Crippen LogP contribution in [0.4, 0.5) is 5.82 Å². The second-order valence-electron chi connectivity index (χ2n) is 7.73. The molecule has 168 valence electrons. The number of carboxylic acid groups (broad SMARTS) is 1. The van der Waals surface area contributed by atoms with Gasteiger partial charge in [-0.3, -0.25) is 14.2 Å². The summed E-state index contributed by atoms with van der Waals surface area (Å²) in [6.07, 6.45) is 2.85. The molecule has 0 aromatic carbocycles. The van der Waals surface area contributed by atoms with Crippen LogP contribution in [0, 0.1) is 19.8 Å². The average Bonchev–Trinajstić information content (AvgIpc) is 3.38. The first kappa shape index (κ1) is 21.3. The zero-order chi connectivity index (χ0) is 23.3. The molecule has 0 aliphatic carbocycles. The highest BCUT2D eigenvalue weighted by Gasteiger charge is 2.34. The lowest BCUT2D eigenvalue weighted by molar-refractivity contribution is -0.122. The molecule has 1 saturated heterocycles. The van der Waals surface area contributed by atoms with Crippen LogP contribution in [0.15, 0.2) is 23.4 Å². The van der Waals surface area contributed by atoms with Crippen LogP contribution >= 0.6 is 22.9 Å². The topological polar surface area (TPSA) is 144 Å². The second kappa shape index (κ2) is 8.08. The minimum Gasteiger partial charge on any atom is -0.477 e. The molecule has 1 aliphatic heterocycles. The number of aromatic carboxylic acids is 1. The summed E-state index contributed by atoms with van der Waals surface area (Å²) in [7, 11) is 0. The fraction of sp³-hybridized carbons (Fsp3) is 0.300. The Morgan fingerprint density at radius 1 is 1.24 bits per heavy atom. The van der Waals surface area contributed by atoms with Gasteiger partial charge in [0.15, 0.2) is 5.65 Å². The van der Waals surface area contributed by atoms with E-state index in [0.29, 0.717) is 40.3 Å². The first-order chi connectivity index (χ1) is 15.8. The van der Waals surface area contributed by atoms with Gasteiger partial charge in [-0.2, -0.15) is 4.37 Å². The Balaban J connectivity index is 1.48. The number of carbonyl (C=O) groups excluding carboxylic acids is 1. The molecule has 0 bridgehead atoms. The Bertz CT molecular complexity index is 1460. The van der Waals surface area contributed by atoms with Crippen molar-refractivity contribution in [1.29, 1.82) is 0 Å². The minimum atomic E-state index is -1.32. The van der Waals surface area contributed by atoms with E-state index in [2.05, 4.69) is 24.5 Å². The summed E-state index contributed by atoms with van der Waals surface area (Å²) in [4.78, 5) is 47.9. The average molecular weight is 484 g/mol. The molecule has 0 saturated carbocycles. The van der Waals surface area contributed by atoms with E-state index in [1.165, 1.54) is 28.4 Å². The number of Topliss-reactive ketones (excluding diaryl/α,β-unsaturated/α-hetero) is 1. The summed E-state index contributed by atoms with van der Waals surface area (Å²) in [5.41, 5.74) is -0.0629. The number of ketones is 1. The van der Waals surface area contributed by atoms with Crippen LogP contribution in [-0.4, -0.2) is 59.1 Å². The summed E-state index contributed by atoms with van der Waals surface area (Å²) in [5, 5.41) is 19.6. The third-order valence-electron chi connectivity index (χ3n) is 5.48. The molecule has 0 amide bonds. The Hall–Kier alpha value is -3.58. The standard InChI is InChI=1S/C20H17N7O4S2/c1-9-3-14(26-5-11(6-26)13(28)4-15-25-24-10(2)32-15)23-18-16(9)17(29)12(19(30)31)7-27(18)20-21-8-22-33-20/h3,7-8,11H,4-6H2,1-2H3,(H,30,31). The molecule has 4 aromatic rings. The van der Waals surface area contributed by atoms with Gasteiger partial charge in [-0.15, -0.1) is 21.5 Å². The number of fused-ring (bicyclic) bond motifs is 1. The molecule has 1 aliphatic rings. The van der Waals surface area contributed by atoms with E-state index in [1.54, 1.807) is 13.0 Å². The maximum atomic E-state index is 12.9. The number of aryl methyl sites for hydroxylation is 2. The Labute approximate surface area is 194 Å². The molecule has 11 nitrogen and oxygen atoms in total. The molecule has 0 unspecified atom stereocenters. The van der Waals surface area contributed by atoms with Crippen molar-refractivity contribution in [3.8, 4) is 5.13 Å². The second-order valence-corrected chi connectivity index (χ2v) is 9.75. The first-order valence-electron chi connectivity index (χ1n) is 9.96. The van der Waals surface area contributed by atoms with Gasteiger partial charge in [0.2, 0.25) is 10.6 Å². The van der Waals surface area contributed by atoms with E-state index in [9.17, 15) is 19.5 Å². The van der Waals surface area contributed by atoms with Gasteiger partial charge in [-0.05, 0) is 25.5 Å². The van der Waals surface area contributed by atoms with E-state index in [0.717, 1.165) is 16.5 Å². The van der Waals surface area contributed by atoms with Gasteiger partial charge >= 0.3 is 5.97 Å². The number of hydrogen-bond acceptors (Lipinski definition) is 11. The molecule has 0 atom stereocenters. The third kappa shape index (κ3) is 3.78. The van der Waals surface area contributed by atoms with Gasteiger partial charge in [-0.1, -0.05) is 0 Å². The van der Waals surface area contributed by atoms with Crippen molar-refractivity contribution in [2.45, 2.75) is 20.3 Å². The number of carboxylic acids is 1. The predicted octanol–water partition coefficient (Wildman–Crippen LogP) is 1.65. The van der Waals surface area contributed by atoms with Crippen LogP contribution in [0.1, 0.15) is 25.9 Å². The molecule has 5 heterocycles. The number of carbonyl (C=O) groups is 2. The number of pyridine rings is 2. The molecule has 13 heteroatoms. The molecule has 4 aromatic heterocycles. The highest BCUT2D eigenvalue weighted by atomic mass is 32.1. The monoisotopic (exact) mass is 483 g/mol. The van der Waals surface area contributed by atoms with E-state index >= 15 is 0 Å². The predicted molar refractivity (Wildman–Crippen MR) is 122 cm³/mol. The van der Waals surface area contributed by atoms with Crippen LogP contribution in [0.3, 0.4) is 0 Å². The maximum Gasteiger partial charge on any atom is 0.341 e. The normalized spacial score (nSPS) is 13.9. The van der Waals surface area contributed by atoms with Crippen LogP contribution < -0.4 is 10.3 Å². The van der Waals surface area contributed by atoms with Gasteiger partial charge in [0, 0.05) is 30.8 Å². The molecule has 5 rings (SSSR count). The lowest BCUT2D eigenvalue weighted by Gasteiger charge is -2.39. The van der Waals surface area contributed by atoms with Crippen molar-refractivity contribution in [3.05, 3.63) is 50.0 Å². The first-order valence-corrected chi connectivity index (χ1v) is 11.5. The maximum absolute atomic E-state index is 12.9. The van der Waals surface area contributed by atoms with E-state index < -0.39 is 11.4 Å². The molecule has 1 N–H and O–H groups in total. The van der Waals surface area contributed by atoms with Crippen molar-refractivity contribution < 1.29 is 14.7 Å². The zero-order valence-corrected chi connectivity index (χ0v) is 19.2. The molecule has 0 radical (unpaired) electrons. The van der Waals surface area contributed by atoms with Crippen molar-refractivity contribution >= 4 is 51.5 Å². The quantitative estimate of drug-likeness (QED) is 0.430. The molecular formula is C20H17N7O4S2. The van der Waals surface area contributed by atoms with Crippen LogP contribution in [0.5, 0.6) is 0 Å². The fourth-order valence-corrected chi connectivity index (χ4v) is 5.01. The summed E-state index contributed by atoms with van der Waals surface area (Å²) < 4.78 is 5.46. The zero-order valence-electron chi connectivity index (χ0n) is 17.5. The molecule has 0 spiro atoms. The highest BCUT2D eigenvalue weighted by molar-refractivity contribution is 7.11. The number of anilines is 1. The van der Waals surface area contributed by atoms with Crippen molar-refractivity contribution in [3.63, 3.8) is 0 Å². The van der Waals surface area contributed by atoms with Crippen LogP contribution in [0.2, 0.25) is 0 Å². The number of rotatable bonds is 6. The van der Waals surface area contributed by atoms with Crippen molar-refractivity contribution in [2.75, 3.05) is 18.0 Å². The Morgan fingerprint density at radius 2 is 2.03 bits per heavy atom. The molecular weight excluding hydrogens is 466 g/mol. The SMILES string of the molecule is Cc1nnc(CC(=O)C2CN(c3cc(C)c4c(=O)c(C(=O)O)cn(-c5ncns5)c4n3)C2)s1. The molecule has 1 fully saturated rings. The summed E-state index contributed by atoms with van der Waals surface area (Å²) in [5.74, 6) is -0.738. The van der Waals surface area contributed by atoms with Gasteiger partial charge in [0.1, 0.15) is 33.5 Å². The van der Waals surface area contributed by atoms with E-state index in [-0.39, 0.29) is 29.1 Å². The number of hydrogen-bond donors (Lipinski definition) is 1. The van der Waals surface area contributed by atoms with Crippen LogP contribution in [0.25, 0.3) is 16.2 Å². The lowest BCUT2D eigenvalue weighted by atomic mass is 9.93. The summed E-state index contributed by atoms with van der Waals surface area (Å²) >= 11 is 2.48. The van der Waals surface area contributed by atoms with Crippen molar-refractivity contribution in [2.24, 2.45) is 5.92 Å². The highest BCUT2D eigenvalue weighted by Crippen LogP contribution is 2.29. The van der Waals surface area contributed by atoms with Gasteiger partial charge in [-0.25, -0.2) is 14.8 Å². The van der Waals surface area contributed by atoms with Gasteiger partial charge < -0.3 is 10.0 Å². The van der Waals surface area contributed by atoms with Crippen molar-refractivity contribution in [1.82, 2.24) is 29.1 Å². The smallest absolute Gasteiger partial charge is 0.341 e. The van der Waals surface area contributed by atoms with Gasteiger partial charge in [0.05, 0.1) is 17.7 Å². The Kier molecular flexibility index (Phi) is 5.21. The minimum absolute atomic E-state index is 0.108. The third-order valence-corrected chi connectivity index (χ3v) is 6.99. The van der Waals surface area contributed by atoms with Crippen LogP contribution in [-0.2, 0) is 11.2 Å². The summed E-state index contributed by atoms with van der Waals surface area (Å²) in [6, 6.07) is 1.74. The summed E-state index contributed by atoms with van der Waals surface area (Å²) in [6.45, 7) is 4.60. The number of nitrogens with zero attached hydrogens (tertiary/aromatic N) is 7. The lowest BCUT2D eigenvalue weighted by Crippen LogP contribution is -2.51. The largest absolute Gasteiger partial charge is 0.477 e. The molecule has 33 heavy (non-hydrogen) atoms. The fourth-order valence-electron chi connectivity index (χ4n) is 3.78. The van der Waals surface area contributed by atoms with E-state index in [4.69, 9.17) is 0 Å². The van der Waals surface area contributed by atoms with E-state index in [1.807, 2.05) is 11.8 Å².